The summed E-state index contributed by atoms with van der Waals surface area (Å²) in [5.41, 5.74) is 6.21. The molecule has 1 rings (SSSR count). The van der Waals surface area contributed by atoms with Crippen LogP contribution in [0.3, 0.4) is 0 Å². The van der Waals surface area contributed by atoms with Gasteiger partial charge in [-0.1, -0.05) is 18.5 Å². The zero-order valence-corrected chi connectivity index (χ0v) is 10.4. The molecule has 0 spiro atoms. The van der Waals surface area contributed by atoms with E-state index < -0.39 is 10.2 Å². The summed E-state index contributed by atoms with van der Waals surface area (Å²) in [7, 11) is -3.57. The second-order valence-electron chi connectivity index (χ2n) is 3.23. The molecule has 16 heavy (non-hydrogen) atoms. The van der Waals surface area contributed by atoms with Gasteiger partial charge < -0.3 is 5.73 Å². The third-order valence-corrected chi connectivity index (χ3v) is 3.11. The molecule has 0 heterocycles. The van der Waals surface area contributed by atoms with E-state index in [1.54, 1.807) is 12.1 Å². The van der Waals surface area contributed by atoms with Crippen molar-refractivity contribution in [1.82, 2.24) is 4.72 Å². The highest BCUT2D eigenvalue weighted by Crippen LogP contribution is 2.23. The minimum absolute atomic E-state index is 0.274. The quantitative estimate of drug-likeness (QED) is 0.705. The molecule has 1 aromatic carbocycles. The molecule has 4 N–H and O–H groups in total. The Morgan fingerprint density at radius 1 is 1.44 bits per heavy atom. The second-order valence-corrected chi connectivity index (χ2v) is 5.17. The van der Waals surface area contributed by atoms with Gasteiger partial charge in [-0.05, 0) is 24.6 Å². The number of halogens is 1. The summed E-state index contributed by atoms with van der Waals surface area (Å²) in [5.74, 6) is 0. The molecule has 0 unspecified atom stereocenters. The van der Waals surface area contributed by atoms with Crippen molar-refractivity contribution >= 4 is 33.2 Å². The summed E-state index contributed by atoms with van der Waals surface area (Å²) in [6.45, 7) is 2.24. The number of anilines is 2. The normalized spacial score (nSPS) is 11.4. The van der Waals surface area contributed by atoms with Crippen molar-refractivity contribution in [3.05, 3.63) is 23.2 Å². The van der Waals surface area contributed by atoms with E-state index in [1.807, 2.05) is 6.92 Å². The molecule has 0 radical (unpaired) electrons. The molecular formula is C9H14ClN3O2S. The SMILES string of the molecule is CCCNS(=O)(=O)Nc1cc(Cl)ccc1N. The third-order valence-electron chi connectivity index (χ3n) is 1.80. The average molecular weight is 264 g/mol. The third kappa shape index (κ3) is 3.88. The molecule has 7 heteroatoms. The Kier molecular flexibility index (Phi) is 4.40. The van der Waals surface area contributed by atoms with E-state index in [0.29, 0.717) is 23.7 Å². The molecule has 0 aliphatic carbocycles. The maximum atomic E-state index is 11.5. The Labute approximate surface area is 100 Å². The molecule has 90 valence electrons. The zero-order valence-electron chi connectivity index (χ0n) is 8.83. The smallest absolute Gasteiger partial charge is 0.299 e. The zero-order chi connectivity index (χ0) is 12.2. The summed E-state index contributed by atoms with van der Waals surface area (Å²) >= 11 is 5.74. The van der Waals surface area contributed by atoms with Crippen LogP contribution in [-0.4, -0.2) is 15.0 Å². The highest BCUT2D eigenvalue weighted by Gasteiger charge is 2.10. The maximum absolute atomic E-state index is 11.5. The monoisotopic (exact) mass is 263 g/mol. The molecular weight excluding hydrogens is 250 g/mol. The first-order valence-corrected chi connectivity index (χ1v) is 6.63. The fourth-order valence-corrected chi connectivity index (χ4v) is 2.22. The fraction of sp³-hybridized carbons (Fsp3) is 0.333. The lowest BCUT2D eigenvalue weighted by Gasteiger charge is -2.10. The molecule has 0 fully saturated rings. The van der Waals surface area contributed by atoms with Crippen LogP contribution in [-0.2, 0) is 10.2 Å². The average Bonchev–Trinajstić information content (AvgIpc) is 2.20. The summed E-state index contributed by atoms with van der Waals surface area (Å²) in [5, 5.41) is 0.419. The van der Waals surface area contributed by atoms with Gasteiger partial charge in [0.05, 0.1) is 11.4 Å². The van der Waals surface area contributed by atoms with Gasteiger partial charge >= 0.3 is 0 Å². The van der Waals surface area contributed by atoms with E-state index in [4.69, 9.17) is 17.3 Å². The number of rotatable bonds is 5. The standard InChI is InChI=1S/C9H14ClN3O2S/c1-2-5-12-16(14,15)13-9-6-7(10)3-4-8(9)11/h3-4,6,12-13H,2,5,11H2,1H3. The lowest BCUT2D eigenvalue weighted by molar-refractivity contribution is 0.586. The first kappa shape index (κ1) is 13.1. The highest BCUT2D eigenvalue weighted by molar-refractivity contribution is 7.90. The van der Waals surface area contributed by atoms with Gasteiger partial charge in [0.1, 0.15) is 0 Å². The lowest BCUT2D eigenvalue weighted by atomic mass is 10.3. The van der Waals surface area contributed by atoms with Crippen molar-refractivity contribution in [2.45, 2.75) is 13.3 Å². The van der Waals surface area contributed by atoms with Gasteiger partial charge in [0, 0.05) is 11.6 Å². The predicted molar refractivity (Wildman–Crippen MR) is 66.7 cm³/mol. The Balaban J connectivity index is 2.83. The van der Waals surface area contributed by atoms with Crippen LogP contribution < -0.4 is 15.2 Å². The van der Waals surface area contributed by atoms with E-state index in [0.717, 1.165) is 0 Å². The van der Waals surface area contributed by atoms with E-state index in [1.165, 1.54) is 6.07 Å². The second kappa shape index (κ2) is 5.38. The molecule has 0 saturated heterocycles. The first-order valence-electron chi connectivity index (χ1n) is 4.77. The van der Waals surface area contributed by atoms with Crippen LogP contribution in [0, 0.1) is 0 Å². The summed E-state index contributed by atoms with van der Waals surface area (Å²) in [6, 6.07) is 4.59. The summed E-state index contributed by atoms with van der Waals surface area (Å²) in [6.07, 6.45) is 0.714. The number of nitrogens with two attached hydrogens (primary N) is 1. The predicted octanol–water partition coefficient (Wildman–Crippen LogP) is 1.58. The van der Waals surface area contributed by atoms with Crippen LogP contribution in [0.25, 0.3) is 0 Å². The van der Waals surface area contributed by atoms with Crippen molar-refractivity contribution in [1.29, 1.82) is 0 Å². The van der Waals surface area contributed by atoms with E-state index in [2.05, 4.69) is 9.44 Å². The Morgan fingerprint density at radius 2 is 2.12 bits per heavy atom. The van der Waals surface area contributed by atoms with Gasteiger partial charge in [-0.3, -0.25) is 4.72 Å². The highest BCUT2D eigenvalue weighted by atomic mass is 35.5. The van der Waals surface area contributed by atoms with Gasteiger partial charge in [-0.15, -0.1) is 0 Å². The molecule has 5 nitrogen and oxygen atoms in total. The number of benzene rings is 1. The van der Waals surface area contributed by atoms with Crippen molar-refractivity contribution in [3.8, 4) is 0 Å². The molecule has 0 aliphatic heterocycles. The molecule has 0 atom stereocenters. The number of hydrogen-bond acceptors (Lipinski definition) is 3. The Morgan fingerprint density at radius 3 is 2.75 bits per heavy atom. The number of nitrogen functional groups attached to an aromatic ring is 1. The van der Waals surface area contributed by atoms with Gasteiger partial charge in [-0.25, -0.2) is 0 Å². The van der Waals surface area contributed by atoms with E-state index in [-0.39, 0.29) is 5.69 Å². The van der Waals surface area contributed by atoms with Gasteiger partial charge in [0.15, 0.2) is 0 Å². The minimum atomic E-state index is -3.57. The van der Waals surface area contributed by atoms with Crippen LogP contribution in [0.15, 0.2) is 18.2 Å². The largest absolute Gasteiger partial charge is 0.397 e. The number of hydrogen-bond donors (Lipinski definition) is 3. The number of nitrogens with one attached hydrogen (secondary N) is 2. The molecule has 0 aliphatic rings. The summed E-state index contributed by atoms with van der Waals surface area (Å²) < 4.78 is 27.7. The van der Waals surface area contributed by atoms with Crippen molar-refractivity contribution in [2.75, 3.05) is 17.0 Å². The molecule has 0 bridgehead atoms. The molecule has 1 aromatic rings. The first-order chi connectivity index (χ1) is 7.44. The van der Waals surface area contributed by atoms with Crippen molar-refractivity contribution < 1.29 is 8.42 Å². The van der Waals surface area contributed by atoms with Gasteiger partial charge in [-0.2, -0.15) is 13.1 Å². The fourth-order valence-electron chi connectivity index (χ4n) is 1.03. The Hall–Kier alpha value is -0.980. The van der Waals surface area contributed by atoms with Crippen LogP contribution >= 0.6 is 11.6 Å². The van der Waals surface area contributed by atoms with Crippen LogP contribution in [0.1, 0.15) is 13.3 Å². The molecule has 0 aromatic heterocycles. The van der Waals surface area contributed by atoms with Crippen molar-refractivity contribution in [2.24, 2.45) is 0 Å². The topological polar surface area (TPSA) is 84.2 Å². The lowest BCUT2D eigenvalue weighted by Crippen LogP contribution is -2.30. The van der Waals surface area contributed by atoms with Gasteiger partial charge in [0.25, 0.3) is 10.2 Å². The van der Waals surface area contributed by atoms with Crippen LogP contribution in [0.4, 0.5) is 11.4 Å². The van der Waals surface area contributed by atoms with E-state index in [9.17, 15) is 8.42 Å². The van der Waals surface area contributed by atoms with Crippen molar-refractivity contribution in [3.63, 3.8) is 0 Å². The minimum Gasteiger partial charge on any atom is -0.397 e. The molecule has 0 saturated carbocycles. The van der Waals surface area contributed by atoms with Gasteiger partial charge in [0.2, 0.25) is 0 Å². The van der Waals surface area contributed by atoms with Crippen LogP contribution in [0.5, 0.6) is 0 Å². The van der Waals surface area contributed by atoms with Crippen LogP contribution in [0.2, 0.25) is 5.02 Å². The molecule has 0 amide bonds. The maximum Gasteiger partial charge on any atom is 0.299 e. The Bertz CT molecular complexity index is 462. The van der Waals surface area contributed by atoms with E-state index >= 15 is 0 Å². The summed E-state index contributed by atoms with van der Waals surface area (Å²) in [4.78, 5) is 0.